The van der Waals surface area contributed by atoms with Gasteiger partial charge in [0.2, 0.25) is 0 Å². The summed E-state index contributed by atoms with van der Waals surface area (Å²) in [5.41, 5.74) is 2.92. The van der Waals surface area contributed by atoms with E-state index in [0.717, 1.165) is 16.8 Å². The lowest BCUT2D eigenvalue weighted by Gasteiger charge is -2.13. The minimum absolute atomic E-state index is 0.0660. The lowest BCUT2D eigenvalue weighted by Crippen LogP contribution is -2.03. The van der Waals surface area contributed by atoms with E-state index in [4.69, 9.17) is 21.4 Å². The molecule has 0 heterocycles. The van der Waals surface area contributed by atoms with Crippen LogP contribution in [0.5, 0.6) is 5.75 Å². The van der Waals surface area contributed by atoms with E-state index in [1.165, 1.54) is 0 Å². The summed E-state index contributed by atoms with van der Waals surface area (Å²) in [6.45, 7) is 3.24. The molecule has 20 heavy (non-hydrogen) atoms. The molecule has 0 aliphatic heterocycles. The van der Waals surface area contributed by atoms with E-state index in [9.17, 15) is 0 Å². The summed E-state index contributed by atoms with van der Waals surface area (Å²) in [5, 5.41) is 12.9. The summed E-state index contributed by atoms with van der Waals surface area (Å²) < 4.78 is 5.57. The molecule has 0 bridgehead atoms. The number of ether oxygens (including phenoxy) is 1. The van der Waals surface area contributed by atoms with Crippen molar-refractivity contribution in [1.29, 1.82) is 0 Å². The van der Waals surface area contributed by atoms with Gasteiger partial charge in [0, 0.05) is 6.54 Å². The Morgan fingerprint density at radius 2 is 1.80 bits per heavy atom. The van der Waals surface area contributed by atoms with E-state index in [-0.39, 0.29) is 6.61 Å². The van der Waals surface area contributed by atoms with Crippen LogP contribution in [0.3, 0.4) is 0 Å². The van der Waals surface area contributed by atoms with Crippen LogP contribution in [0.25, 0.3) is 0 Å². The van der Waals surface area contributed by atoms with Crippen LogP contribution in [-0.2, 0) is 13.2 Å². The molecular weight excluding hydrogens is 274 g/mol. The minimum atomic E-state index is 0.0660. The van der Waals surface area contributed by atoms with E-state index in [0.29, 0.717) is 23.9 Å². The lowest BCUT2D eigenvalue weighted by atomic mass is 10.1. The Morgan fingerprint density at radius 1 is 1.10 bits per heavy atom. The topological polar surface area (TPSA) is 41.5 Å². The maximum atomic E-state index is 9.02. The normalized spacial score (nSPS) is 10.3. The summed E-state index contributed by atoms with van der Waals surface area (Å²) >= 11 is 6.14. The van der Waals surface area contributed by atoms with Gasteiger partial charge in [-0.2, -0.15) is 0 Å². The quantitative estimate of drug-likeness (QED) is 0.849. The van der Waals surface area contributed by atoms with Crippen LogP contribution in [0.15, 0.2) is 42.5 Å². The Balaban J connectivity index is 2.08. The van der Waals surface area contributed by atoms with Crippen molar-refractivity contribution in [3.05, 3.63) is 58.6 Å². The fraction of sp³-hybridized carbons (Fsp3) is 0.250. The van der Waals surface area contributed by atoms with Crippen molar-refractivity contribution in [2.75, 3.05) is 11.9 Å². The van der Waals surface area contributed by atoms with Gasteiger partial charge in [-0.05, 0) is 30.2 Å². The molecule has 4 heteroatoms. The van der Waals surface area contributed by atoms with E-state index < -0.39 is 0 Å². The van der Waals surface area contributed by atoms with Gasteiger partial charge in [-0.1, -0.05) is 41.9 Å². The fourth-order valence-corrected chi connectivity index (χ4v) is 2.13. The monoisotopic (exact) mass is 291 g/mol. The first-order valence-corrected chi connectivity index (χ1v) is 6.96. The highest BCUT2D eigenvalue weighted by atomic mass is 35.5. The zero-order valence-electron chi connectivity index (χ0n) is 11.4. The van der Waals surface area contributed by atoms with Gasteiger partial charge in [-0.25, -0.2) is 0 Å². The first kappa shape index (κ1) is 14.7. The summed E-state index contributed by atoms with van der Waals surface area (Å²) in [4.78, 5) is 0. The second-order valence-corrected chi connectivity index (χ2v) is 4.78. The van der Waals surface area contributed by atoms with Gasteiger partial charge in [0.05, 0.1) is 23.9 Å². The third kappa shape index (κ3) is 3.65. The third-order valence-corrected chi connectivity index (χ3v) is 3.24. The van der Waals surface area contributed by atoms with Crippen molar-refractivity contribution in [3.8, 4) is 5.75 Å². The van der Waals surface area contributed by atoms with E-state index >= 15 is 0 Å². The zero-order chi connectivity index (χ0) is 14.4. The largest absolute Gasteiger partial charge is 0.490 e. The highest BCUT2D eigenvalue weighted by Gasteiger charge is 2.07. The second-order valence-electron chi connectivity index (χ2n) is 4.38. The Labute approximate surface area is 124 Å². The predicted molar refractivity (Wildman–Crippen MR) is 82.3 cm³/mol. The number of aliphatic hydroxyl groups is 1. The molecule has 2 rings (SSSR count). The van der Waals surface area contributed by atoms with Crippen LogP contribution in [0.1, 0.15) is 18.1 Å². The standard InChI is InChI=1S/C16H18ClNO2/c1-2-20-16-14(17)4-3-5-15(16)18-10-12-6-8-13(11-19)9-7-12/h3-9,18-19H,2,10-11H2,1H3. The Kier molecular flexibility index (Phi) is 5.27. The number of anilines is 1. The van der Waals surface area contributed by atoms with Gasteiger partial charge in [-0.15, -0.1) is 0 Å². The van der Waals surface area contributed by atoms with Crippen molar-refractivity contribution in [2.45, 2.75) is 20.1 Å². The van der Waals surface area contributed by atoms with Crippen molar-refractivity contribution in [1.82, 2.24) is 0 Å². The predicted octanol–water partition coefficient (Wildman–Crippen LogP) is 3.84. The first-order valence-electron chi connectivity index (χ1n) is 6.58. The molecule has 0 aliphatic carbocycles. The maximum Gasteiger partial charge on any atom is 0.160 e. The van der Waals surface area contributed by atoms with Gasteiger partial charge in [0.25, 0.3) is 0 Å². The summed E-state index contributed by atoms with van der Waals surface area (Å²) in [6.07, 6.45) is 0. The molecular formula is C16H18ClNO2. The van der Waals surface area contributed by atoms with E-state index in [1.54, 1.807) is 0 Å². The number of para-hydroxylation sites is 1. The Bertz CT molecular complexity index is 555. The molecule has 0 spiro atoms. The minimum Gasteiger partial charge on any atom is -0.490 e. The number of hydrogen-bond donors (Lipinski definition) is 2. The highest BCUT2D eigenvalue weighted by molar-refractivity contribution is 6.32. The average molecular weight is 292 g/mol. The molecule has 0 atom stereocenters. The molecule has 3 nitrogen and oxygen atoms in total. The summed E-state index contributed by atoms with van der Waals surface area (Å²) in [6, 6.07) is 13.5. The van der Waals surface area contributed by atoms with Crippen molar-refractivity contribution in [2.24, 2.45) is 0 Å². The third-order valence-electron chi connectivity index (χ3n) is 2.94. The molecule has 0 aromatic heterocycles. The van der Waals surface area contributed by atoms with Crippen LogP contribution in [-0.4, -0.2) is 11.7 Å². The van der Waals surface area contributed by atoms with Gasteiger partial charge in [0.15, 0.2) is 5.75 Å². The van der Waals surface area contributed by atoms with Gasteiger partial charge < -0.3 is 15.2 Å². The van der Waals surface area contributed by atoms with Gasteiger partial charge in [0.1, 0.15) is 0 Å². The Morgan fingerprint density at radius 3 is 2.45 bits per heavy atom. The van der Waals surface area contributed by atoms with Crippen molar-refractivity contribution < 1.29 is 9.84 Å². The number of hydrogen-bond acceptors (Lipinski definition) is 3. The molecule has 2 aromatic rings. The van der Waals surface area contributed by atoms with Crippen LogP contribution < -0.4 is 10.1 Å². The van der Waals surface area contributed by atoms with E-state index in [1.807, 2.05) is 49.4 Å². The molecule has 0 saturated carbocycles. The summed E-state index contributed by atoms with van der Waals surface area (Å²) in [7, 11) is 0. The van der Waals surface area contributed by atoms with Crippen LogP contribution in [0.4, 0.5) is 5.69 Å². The van der Waals surface area contributed by atoms with Gasteiger partial charge >= 0.3 is 0 Å². The number of benzene rings is 2. The molecule has 0 fully saturated rings. The molecule has 0 radical (unpaired) electrons. The lowest BCUT2D eigenvalue weighted by molar-refractivity contribution is 0.282. The van der Waals surface area contributed by atoms with Crippen molar-refractivity contribution >= 4 is 17.3 Å². The highest BCUT2D eigenvalue weighted by Crippen LogP contribution is 2.33. The second kappa shape index (κ2) is 7.17. The Hall–Kier alpha value is -1.71. The molecule has 2 N–H and O–H groups in total. The van der Waals surface area contributed by atoms with E-state index in [2.05, 4.69) is 5.32 Å². The van der Waals surface area contributed by atoms with Crippen molar-refractivity contribution in [3.63, 3.8) is 0 Å². The molecule has 0 amide bonds. The number of rotatable bonds is 6. The number of aliphatic hydroxyl groups excluding tert-OH is 1. The first-order chi connectivity index (χ1) is 9.74. The molecule has 106 valence electrons. The fourth-order valence-electron chi connectivity index (χ4n) is 1.90. The van der Waals surface area contributed by atoms with Crippen LogP contribution in [0.2, 0.25) is 5.02 Å². The number of nitrogens with one attached hydrogen (secondary N) is 1. The smallest absolute Gasteiger partial charge is 0.160 e. The molecule has 2 aromatic carbocycles. The van der Waals surface area contributed by atoms with Crippen LogP contribution >= 0.6 is 11.6 Å². The molecule has 0 unspecified atom stereocenters. The maximum absolute atomic E-state index is 9.02. The summed E-state index contributed by atoms with van der Waals surface area (Å²) in [5.74, 6) is 0.684. The molecule has 0 saturated heterocycles. The van der Waals surface area contributed by atoms with Gasteiger partial charge in [-0.3, -0.25) is 0 Å². The van der Waals surface area contributed by atoms with Crippen LogP contribution in [0, 0.1) is 0 Å². The zero-order valence-corrected chi connectivity index (χ0v) is 12.2. The average Bonchev–Trinajstić information content (AvgIpc) is 2.48. The number of halogens is 1. The molecule has 0 aliphatic rings. The SMILES string of the molecule is CCOc1c(Cl)cccc1NCc1ccc(CO)cc1.